The van der Waals surface area contributed by atoms with E-state index in [0.717, 1.165) is 36.5 Å². The molecule has 0 atom stereocenters. The molecular weight excluding hydrogens is 457 g/mol. The number of benzene rings is 1. The second-order valence-corrected chi connectivity index (χ2v) is 8.13. The lowest BCUT2D eigenvalue weighted by molar-refractivity contribution is -0.274. The molecule has 3 aromatic rings. The number of alkyl halides is 3. The number of nitrogens with zero attached hydrogens (tertiary/aromatic N) is 3. The lowest BCUT2D eigenvalue weighted by Crippen LogP contribution is -2.17. The van der Waals surface area contributed by atoms with E-state index >= 15 is 0 Å². The molecule has 0 aliphatic heterocycles. The van der Waals surface area contributed by atoms with Gasteiger partial charge < -0.3 is 24.4 Å². The van der Waals surface area contributed by atoms with Crippen molar-refractivity contribution in [1.82, 2.24) is 15.2 Å². The molecule has 14 heteroatoms. The number of pyridine rings is 1. The van der Waals surface area contributed by atoms with Gasteiger partial charge in [-0.2, -0.15) is 0 Å². The number of nitrogen functional groups attached to an aromatic ring is 1. The van der Waals surface area contributed by atoms with Gasteiger partial charge in [-0.05, 0) is 30.3 Å². The number of hydrogen-bond acceptors (Lipinski definition) is 10. The topological polar surface area (TPSA) is 140 Å². The van der Waals surface area contributed by atoms with Crippen LogP contribution in [0.15, 0.2) is 50.7 Å². The minimum absolute atomic E-state index is 0.0366. The van der Waals surface area contributed by atoms with Crippen LogP contribution in [0.1, 0.15) is 5.89 Å². The molecule has 0 fully saturated rings. The van der Waals surface area contributed by atoms with Crippen LogP contribution in [0.2, 0.25) is 0 Å². The molecule has 1 aromatic carbocycles. The Labute approximate surface area is 180 Å². The Morgan fingerprint density at radius 3 is 2.44 bits per heavy atom. The highest BCUT2D eigenvalue weighted by Gasteiger charge is 2.31. The first-order valence-electron chi connectivity index (χ1n) is 8.86. The molecule has 32 heavy (non-hydrogen) atoms. The summed E-state index contributed by atoms with van der Waals surface area (Å²) in [4.78, 5) is 3.45. The first kappa shape index (κ1) is 23.4. The van der Waals surface area contributed by atoms with E-state index in [9.17, 15) is 21.6 Å². The zero-order valence-electron chi connectivity index (χ0n) is 16.5. The van der Waals surface area contributed by atoms with Crippen molar-refractivity contribution < 1.29 is 40.2 Å². The largest absolute Gasteiger partial charge is 0.573 e. The minimum atomic E-state index is -4.89. The quantitative estimate of drug-likeness (QED) is 0.460. The summed E-state index contributed by atoms with van der Waals surface area (Å²) in [5.41, 5.74) is 5.93. The molecule has 2 aromatic heterocycles. The summed E-state index contributed by atoms with van der Waals surface area (Å²) in [6.07, 6.45) is -3.86. The highest BCUT2D eigenvalue weighted by molar-refractivity contribution is 7.91. The molecule has 3 rings (SSSR count). The van der Waals surface area contributed by atoms with E-state index in [1.807, 2.05) is 0 Å². The summed E-state index contributed by atoms with van der Waals surface area (Å²) in [5.74, 6) is -0.427. The Hall–Kier alpha value is -3.23. The lowest BCUT2D eigenvalue weighted by Gasteiger charge is -2.10. The fraction of sp³-hybridized carbons (Fsp3) is 0.278. The van der Waals surface area contributed by atoms with E-state index in [4.69, 9.17) is 19.6 Å². The third-order valence-electron chi connectivity index (χ3n) is 3.90. The van der Waals surface area contributed by atoms with Crippen LogP contribution in [-0.2, 0) is 25.9 Å². The molecule has 0 aliphatic carbocycles. The molecule has 0 bridgehead atoms. The Morgan fingerprint density at radius 1 is 1.09 bits per heavy atom. The zero-order valence-corrected chi connectivity index (χ0v) is 17.3. The van der Waals surface area contributed by atoms with Gasteiger partial charge in [0.1, 0.15) is 12.4 Å². The van der Waals surface area contributed by atoms with Gasteiger partial charge in [-0.1, -0.05) is 0 Å². The molecule has 2 heterocycles. The van der Waals surface area contributed by atoms with Crippen LogP contribution in [-0.4, -0.2) is 50.3 Å². The first-order valence-corrected chi connectivity index (χ1v) is 10.3. The number of aromatic nitrogens is 3. The third kappa shape index (κ3) is 5.72. The molecule has 2 N–H and O–H groups in total. The maximum atomic E-state index is 12.8. The summed E-state index contributed by atoms with van der Waals surface area (Å²) in [7, 11) is -2.58. The van der Waals surface area contributed by atoms with Crippen molar-refractivity contribution in [2.75, 3.05) is 26.1 Å². The van der Waals surface area contributed by atoms with Gasteiger partial charge in [0, 0.05) is 13.3 Å². The number of ether oxygens (including phenoxy) is 3. The van der Waals surface area contributed by atoms with E-state index in [2.05, 4.69) is 19.9 Å². The normalized spacial score (nSPS) is 12.1. The molecule has 0 spiro atoms. The number of rotatable bonds is 9. The van der Waals surface area contributed by atoms with Crippen molar-refractivity contribution in [3.63, 3.8) is 0 Å². The number of hydrogen-bond donors (Lipinski definition) is 1. The standard InChI is InChI=1S/C18H17F3N4O6S/c1-28-6-7-29-10-15-24-25-17(30-15)16-14(22)8-13(9-23-16)32(26,27)12-4-2-11(3-5-12)31-18(19,20)21/h2-5,8-9H,6-7,10,22H2,1H3. The van der Waals surface area contributed by atoms with Crippen LogP contribution >= 0.6 is 0 Å². The molecule has 0 saturated heterocycles. The average Bonchev–Trinajstić information content (AvgIpc) is 3.19. The van der Waals surface area contributed by atoms with Crippen molar-refractivity contribution in [2.45, 2.75) is 22.8 Å². The van der Waals surface area contributed by atoms with Crippen LogP contribution in [0.4, 0.5) is 18.9 Å². The van der Waals surface area contributed by atoms with Gasteiger partial charge in [0.2, 0.25) is 15.7 Å². The smallest absolute Gasteiger partial charge is 0.417 e. The molecule has 10 nitrogen and oxygen atoms in total. The van der Waals surface area contributed by atoms with Gasteiger partial charge in [0.05, 0.1) is 28.7 Å². The van der Waals surface area contributed by atoms with Crippen molar-refractivity contribution in [3.8, 4) is 17.3 Å². The molecule has 0 saturated carbocycles. The third-order valence-corrected chi connectivity index (χ3v) is 5.63. The summed E-state index contributed by atoms with van der Waals surface area (Å²) in [6.45, 7) is 0.755. The highest BCUT2D eigenvalue weighted by atomic mass is 32.2. The zero-order chi connectivity index (χ0) is 23.4. The number of anilines is 1. The van der Waals surface area contributed by atoms with Crippen LogP contribution in [0, 0.1) is 0 Å². The summed E-state index contributed by atoms with van der Waals surface area (Å²) < 4.78 is 81.6. The van der Waals surface area contributed by atoms with Gasteiger partial charge in [0.15, 0.2) is 5.69 Å². The number of nitrogens with two attached hydrogens (primary N) is 1. The number of halogens is 3. The van der Waals surface area contributed by atoms with Gasteiger partial charge in [-0.3, -0.25) is 0 Å². The fourth-order valence-electron chi connectivity index (χ4n) is 2.45. The Bertz CT molecular complexity index is 1170. The van der Waals surface area contributed by atoms with Crippen LogP contribution in [0.25, 0.3) is 11.6 Å². The lowest BCUT2D eigenvalue weighted by atomic mass is 10.3. The predicted octanol–water partition coefficient (Wildman–Crippen LogP) is 2.61. The van der Waals surface area contributed by atoms with Crippen LogP contribution < -0.4 is 10.5 Å². The van der Waals surface area contributed by atoms with Crippen LogP contribution in [0.3, 0.4) is 0 Å². The van der Waals surface area contributed by atoms with E-state index in [0.29, 0.717) is 13.2 Å². The summed E-state index contributed by atoms with van der Waals surface area (Å²) in [6, 6.07) is 4.87. The van der Waals surface area contributed by atoms with Crippen molar-refractivity contribution in [1.29, 1.82) is 0 Å². The van der Waals surface area contributed by atoms with Crippen molar-refractivity contribution in [2.24, 2.45) is 0 Å². The Kier molecular flexibility index (Phi) is 6.96. The molecule has 0 aliphatic rings. The van der Waals surface area contributed by atoms with Crippen molar-refractivity contribution >= 4 is 15.5 Å². The van der Waals surface area contributed by atoms with E-state index in [1.165, 1.54) is 7.11 Å². The first-order chi connectivity index (χ1) is 15.1. The average molecular weight is 474 g/mol. The maximum absolute atomic E-state index is 12.8. The van der Waals surface area contributed by atoms with E-state index < -0.39 is 21.9 Å². The SMILES string of the molecule is COCCOCc1nnc(-c2ncc(S(=O)(=O)c3ccc(OC(F)(F)F)cc3)cc2N)o1. The minimum Gasteiger partial charge on any atom is -0.417 e. The van der Waals surface area contributed by atoms with Gasteiger partial charge >= 0.3 is 6.36 Å². The number of sulfone groups is 1. The Morgan fingerprint density at radius 2 is 1.81 bits per heavy atom. The summed E-state index contributed by atoms with van der Waals surface area (Å²) in [5, 5.41) is 7.60. The van der Waals surface area contributed by atoms with Gasteiger partial charge in [0.25, 0.3) is 5.89 Å². The molecule has 0 unspecified atom stereocenters. The van der Waals surface area contributed by atoms with E-state index in [1.54, 1.807) is 0 Å². The number of methoxy groups -OCH3 is 1. The molecule has 0 radical (unpaired) electrons. The van der Waals surface area contributed by atoms with Crippen molar-refractivity contribution in [3.05, 3.63) is 42.4 Å². The monoisotopic (exact) mass is 474 g/mol. The van der Waals surface area contributed by atoms with Crippen LogP contribution in [0.5, 0.6) is 5.75 Å². The van der Waals surface area contributed by atoms with Gasteiger partial charge in [-0.25, -0.2) is 13.4 Å². The highest BCUT2D eigenvalue weighted by Crippen LogP contribution is 2.29. The second kappa shape index (κ2) is 9.50. The molecule has 0 amide bonds. The Balaban J connectivity index is 1.77. The predicted molar refractivity (Wildman–Crippen MR) is 102 cm³/mol. The van der Waals surface area contributed by atoms with E-state index in [-0.39, 0.29) is 39.6 Å². The summed E-state index contributed by atoms with van der Waals surface area (Å²) >= 11 is 0. The molecule has 172 valence electrons. The van der Waals surface area contributed by atoms with Gasteiger partial charge in [-0.15, -0.1) is 23.4 Å². The maximum Gasteiger partial charge on any atom is 0.573 e. The molecular formula is C18H17F3N4O6S. The second-order valence-electron chi connectivity index (χ2n) is 6.18. The fourth-order valence-corrected chi connectivity index (χ4v) is 3.69.